The number of hydrogen-bond acceptors (Lipinski definition) is 4. The molecule has 126 valence electrons. The standard InChI is InChI=1S/C16H11BrF3NO2S/c1-9-21-14-13(24-9)7-6-12(17)15(14)22-8-10-2-4-11(5-3-10)23-16(18,19)20/h2-7H,8H2,1H3. The molecule has 3 rings (SSSR count). The van der Waals surface area contributed by atoms with Crippen LogP contribution in [0.2, 0.25) is 0 Å². The third-order valence-corrected chi connectivity index (χ3v) is 4.67. The van der Waals surface area contributed by atoms with Crippen molar-refractivity contribution in [3.05, 3.63) is 51.4 Å². The summed E-state index contributed by atoms with van der Waals surface area (Å²) in [6, 6.07) is 9.42. The Morgan fingerprint density at radius 3 is 2.50 bits per heavy atom. The number of rotatable bonds is 4. The first-order valence-electron chi connectivity index (χ1n) is 6.85. The molecular formula is C16H11BrF3NO2S. The van der Waals surface area contributed by atoms with Gasteiger partial charge < -0.3 is 9.47 Å². The van der Waals surface area contributed by atoms with Crippen molar-refractivity contribution in [2.75, 3.05) is 0 Å². The highest BCUT2D eigenvalue weighted by Gasteiger charge is 2.30. The SMILES string of the molecule is Cc1nc2c(OCc3ccc(OC(F)(F)F)cc3)c(Br)ccc2s1. The molecule has 0 bridgehead atoms. The highest BCUT2D eigenvalue weighted by molar-refractivity contribution is 9.10. The summed E-state index contributed by atoms with van der Waals surface area (Å²) in [5.74, 6) is 0.358. The van der Waals surface area contributed by atoms with Gasteiger partial charge in [-0.2, -0.15) is 0 Å². The Balaban J connectivity index is 1.75. The molecule has 0 saturated carbocycles. The first-order valence-corrected chi connectivity index (χ1v) is 8.46. The molecule has 0 aliphatic rings. The van der Waals surface area contributed by atoms with Gasteiger partial charge in [-0.1, -0.05) is 12.1 Å². The maximum absolute atomic E-state index is 12.1. The van der Waals surface area contributed by atoms with E-state index in [0.29, 0.717) is 5.75 Å². The quantitative estimate of drug-likeness (QED) is 0.533. The number of nitrogens with zero attached hydrogens (tertiary/aromatic N) is 1. The van der Waals surface area contributed by atoms with Crippen LogP contribution >= 0.6 is 27.3 Å². The minimum atomic E-state index is -4.69. The van der Waals surface area contributed by atoms with Gasteiger partial charge in [-0.25, -0.2) is 4.98 Å². The average Bonchev–Trinajstić information content (AvgIpc) is 2.87. The van der Waals surface area contributed by atoms with Crippen molar-refractivity contribution >= 4 is 37.5 Å². The van der Waals surface area contributed by atoms with Crippen molar-refractivity contribution in [3.63, 3.8) is 0 Å². The predicted molar refractivity (Wildman–Crippen MR) is 89.5 cm³/mol. The number of aryl methyl sites for hydroxylation is 1. The zero-order chi connectivity index (χ0) is 17.3. The van der Waals surface area contributed by atoms with Crippen molar-refractivity contribution in [1.82, 2.24) is 4.98 Å². The second-order valence-electron chi connectivity index (χ2n) is 4.94. The smallest absolute Gasteiger partial charge is 0.485 e. The van der Waals surface area contributed by atoms with Gasteiger partial charge in [0.2, 0.25) is 0 Å². The zero-order valence-electron chi connectivity index (χ0n) is 12.4. The minimum Gasteiger partial charge on any atom is -0.485 e. The van der Waals surface area contributed by atoms with E-state index in [1.54, 1.807) is 11.3 Å². The highest BCUT2D eigenvalue weighted by atomic mass is 79.9. The molecule has 0 amide bonds. The van der Waals surface area contributed by atoms with Crippen molar-refractivity contribution in [1.29, 1.82) is 0 Å². The molecule has 1 heterocycles. The van der Waals surface area contributed by atoms with Crippen LogP contribution in [0.1, 0.15) is 10.6 Å². The van der Waals surface area contributed by atoms with Gasteiger partial charge >= 0.3 is 6.36 Å². The summed E-state index contributed by atoms with van der Waals surface area (Å²) in [6.07, 6.45) is -4.69. The average molecular weight is 418 g/mol. The topological polar surface area (TPSA) is 31.4 Å². The van der Waals surface area contributed by atoms with Gasteiger partial charge in [0.05, 0.1) is 14.2 Å². The molecule has 0 fully saturated rings. The largest absolute Gasteiger partial charge is 0.573 e. The van der Waals surface area contributed by atoms with Crippen LogP contribution in [0.25, 0.3) is 10.2 Å². The Kier molecular flexibility index (Phi) is 4.69. The van der Waals surface area contributed by atoms with E-state index in [-0.39, 0.29) is 12.4 Å². The molecule has 0 N–H and O–H groups in total. The van der Waals surface area contributed by atoms with E-state index in [1.165, 1.54) is 24.3 Å². The Labute approximate surface area is 148 Å². The first kappa shape index (κ1) is 17.0. The van der Waals surface area contributed by atoms with Crippen molar-refractivity contribution < 1.29 is 22.6 Å². The van der Waals surface area contributed by atoms with Crippen LogP contribution in [0.15, 0.2) is 40.9 Å². The minimum absolute atomic E-state index is 0.209. The summed E-state index contributed by atoms with van der Waals surface area (Å²) in [4.78, 5) is 4.46. The zero-order valence-corrected chi connectivity index (χ0v) is 14.8. The number of alkyl halides is 3. The van der Waals surface area contributed by atoms with Gasteiger partial charge in [0, 0.05) is 0 Å². The van der Waals surface area contributed by atoms with Crippen LogP contribution in [0.3, 0.4) is 0 Å². The first-order chi connectivity index (χ1) is 11.3. The fraction of sp³-hybridized carbons (Fsp3) is 0.188. The number of thiazole rings is 1. The highest BCUT2D eigenvalue weighted by Crippen LogP contribution is 2.36. The molecule has 0 aliphatic carbocycles. The second kappa shape index (κ2) is 6.60. The van der Waals surface area contributed by atoms with E-state index in [4.69, 9.17) is 4.74 Å². The van der Waals surface area contributed by atoms with Gasteiger partial charge in [-0.3, -0.25) is 0 Å². The van der Waals surface area contributed by atoms with Crippen molar-refractivity contribution in [2.24, 2.45) is 0 Å². The summed E-state index contributed by atoms with van der Waals surface area (Å²) in [5.41, 5.74) is 1.49. The fourth-order valence-corrected chi connectivity index (χ4v) is 3.40. The van der Waals surface area contributed by atoms with Crippen LogP contribution < -0.4 is 9.47 Å². The van der Waals surface area contributed by atoms with Crippen LogP contribution in [-0.2, 0) is 6.61 Å². The number of benzene rings is 2. The van der Waals surface area contributed by atoms with E-state index < -0.39 is 6.36 Å². The summed E-state index contributed by atoms with van der Waals surface area (Å²) in [5, 5.41) is 0.932. The van der Waals surface area contributed by atoms with E-state index >= 15 is 0 Å². The number of ether oxygens (including phenoxy) is 2. The molecule has 0 saturated heterocycles. The molecule has 0 atom stereocenters. The second-order valence-corrected chi connectivity index (χ2v) is 7.03. The molecule has 0 unspecified atom stereocenters. The molecule has 0 radical (unpaired) electrons. The monoisotopic (exact) mass is 417 g/mol. The third-order valence-electron chi connectivity index (χ3n) is 3.11. The Hall–Kier alpha value is -1.80. The third kappa shape index (κ3) is 3.99. The lowest BCUT2D eigenvalue weighted by molar-refractivity contribution is -0.274. The van der Waals surface area contributed by atoms with E-state index in [0.717, 1.165) is 25.3 Å². The van der Waals surface area contributed by atoms with E-state index in [2.05, 4.69) is 25.7 Å². The molecule has 3 aromatic rings. The van der Waals surface area contributed by atoms with Crippen molar-refractivity contribution in [2.45, 2.75) is 19.9 Å². The molecule has 0 aliphatic heterocycles. The summed E-state index contributed by atoms with van der Waals surface area (Å²) in [7, 11) is 0. The van der Waals surface area contributed by atoms with Gasteiger partial charge in [-0.05, 0) is 52.7 Å². The lowest BCUT2D eigenvalue weighted by atomic mass is 10.2. The van der Waals surface area contributed by atoms with E-state index in [9.17, 15) is 13.2 Å². The van der Waals surface area contributed by atoms with Gasteiger partial charge in [0.1, 0.15) is 17.9 Å². The maximum atomic E-state index is 12.1. The Morgan fingerprint density at radius 1 is 1.12 bits per heavy atom. The molecule has 8 heteroatoms. The van der Waals surface area contributed by atoms with Crippen LogP contribution in [0.4, 0.5) is 13.2 Å². The van der Waals surface area contributed by atoms with Gasteiger partial charge in [0.15, 0.2) is 5.75 Å². The lowest BCUT2D eigenvalue weighted by Crippen LogP contribution is -2.17. The maximum Gasteiger partial charge on any atom is 0.573 e. The summed E-state index contributed by atoms with van der Waals surface area (Å²) >= 11 is 5.01. The number of aromatic nitrogens is 1. The Bertz CT molecular complexity index is 862. The van der Waals surface area contributed by atoms with Gasteiger partial charge in [-0.15, -0.1) is 24.5 Å². The summed E-state index contributed by atoms with van der Waals surface area (Å²) < 4.78 is 47.9. The number of fused-ring (bicyclic) bond motifs is 1. The molecule has 0 spiro atoms. The van der Waals surface area contributed by atoms with Gasteiger partial charge in [0.25, 0.3) is 0 Å². The van der Waals surface area contributed by atoms with Crippen LogP contribution in [0.5, 0.6) is 11.5 Å². The molecule has 24 heavy (non-hydrogen) atoms. The van der Waals surface area contributed by atoms with Crippen LogP contribution in [-0.4, -0.2) is 11.3 Å². The molecular weight excluding hydrogens is 407 g/mol. The normalized spacial score (nSPS) is 11.7. The number of hydrogen-bond donors (Lipinski definition) is 0. The molecule has 1 aromatic heterocycles. The fourth-order valence-electron chi connectivity index (χ4n) is 2.14. The van der Waals surface area contributed by atoms with Crippen LogP contribution in [0, 0.1) is 6.92 Å². The van der Waals surface area contributed by atoms with E-state index in [1.807, 2.05) is 19.1 Å². The number of halogens is 4. The molecule has 3 nitrogen and oxygen atoms in total. The molecule has 2 aromatic carbocycles. The predicted octanol–water partition coefficient (Wildman–Crippen LogP) is 5.84. The van der Waals surface area contributed by atoms with Crippen molar-refractivity contribution in [3.8, 4) is 11.5 Å². The lowest BCUT2D eigenvalue weighted by Gasteiger charge is -2.11. The Morgan fingerprint density at radius 2 is 1.83 bits per heavy atom. The summed E-state index contributed by atoms with van der Waals surface area (Å²) in [6.45, 7) is 2.13.